The Bertz CT molecular complexity index is 498. The SMILES string of the molecule is CCCCCCNC(N)=NCC(O)COc1cccc(Cl)c1Cl. The third-order valence-electron chi connectivity index (χ3n) is 3.16. The third kappa shape index (κ3) is 8.30. The summed E-state index contributed by atoms with van der Waals surface area (Å²) >= 11 is 11.9. The highest BCUT2D eigenvalue weighted by molar-refractivity contribution is 6.42. The number of rotatable bonds is 10. The molecule has 0 aliphatic rings. The van der Waals surface area contributed by atoms with Gasteiger partial charge in [-0.2, -0.15) is 0 Å². The van der Waals surface area contributed by atoms with Crippen LogP contribution in [0.1, 0.15) is 32.6 Å². The predicted octanol–water partition coefficient (Wildman–Crippen LogP) is 3.22. The van der Waals surface area contributed by atoms with Gasteiger partial charge in [0.15, 0.2) is 5.96 Å². The zero-order valence-electron chi connectivity index (χ0n) is 13.4. The molecule has 1 atom stereocenters. The highest BCUT2D eigenvalue weighted by atomic mass is 35.5. The molecule has 130 valence electrons. The summed E-state index contributed by atoms with van der Waals surface area (Å²) in [5, 5.41) is 13.6. The van der Waals surface area contributed by atoms with E-state index in [1.54, 1.807) is 18.2 Å². The molecule has 1 unspecified atom stereocenters. The summed E-state index contributed by atoms with van der Waals surface area (Å²) in [5.41, 5.74) is 5.74. The van der Waals surface area contributed by atoms with Crippen molar-refractivity contribution < 1.29 is 9.84 Å². The van der Waals surface area contributed by atoms with Gasteiger partial charge >= 0.3 is 0 Å². The van der Waals surface area contributed by atoms with Crippen molar-refractivity contribution in [2.24, 2.45) is 10.7 Å². The van der Waals surface area contributed by atoms with E-state index in [-0.39, 0.29) is 13.2 Å². The van der Waals surface area contributed by atoms with Crippen molar-refractivity contribution in [1.82, 2.24) is 5.32 Å². The van der Waals surface area contributed by atoms with E-state index in [0.717, 1.165) is 13.0 Å². The molecule has 0 spiro atoms. The van der Waals surface area contributed by atoms with E-state index < -0.39 is 6.10 Å². The molecule has 23 heavy (non-hydrogen) atoms. The predicted molar refractivity (Wildman–Crippen MR) is 96.6 cm³/mol. The lowest BCUT2D eigenvalue weighted by Gasteiger charge is -2.12. The average Bonchev–Trinajstić information content (AvgIpc) is 2.54. The standard InChI is InChI=1S/C16H25Cl2N3O2/c1-2-3-4-5-9-20-16(19)21-10-12(22)11-23-14-8-6-7-13(17)15(14)18/h6-8,12,22H,2-5,9-11H2,1H3,(H3,19,20,21). The Hall–Kier alpha value is -1.17. The number of nitrogens with two attached hydrogens (primary N) is 1. The quantitative estimate of drug-likeness (QED) is 0.339. The molecular formula is C16H25Cl2N3O2. The maximum absolute atomic E-state index is 9.87. The van der Waals surface area contributed by atoms with E-state index in [9.17, 15) is 5.11 Å². The van der Waals surface area contributed by atoms with Gasteiger partial charge in [0.05, 0.1) is 11.6 Å². The van der Waals surface area contributed by atoms with Gasteiger partial charge < -0.3 is 20.9 Å². The molecule has 0 aliphatic carbocycles. The molecule has 0 aromatic heterocycles. The number of aliphatic imine (C=N–C) groups is 1. The van der Waals surface area contributed by atoms with Gasteiger partial charge in [0.2, 0.25) is 0 Å². The molecule has 0 aliphatic heterocycles. The highest BCUT2D eigenvalue weighted by Crippen LogP contribution is 2.31. The second-order valence-electron chi connectivity index (χ2n) is 5.23. The molecule has 1 aromatic carbocycles. The first-order chi connectivity index (χ1) is 11.0. The highest BCUT2D eigenvalue weighted by Gasteiger charge is 2.09. The maximum atomic E-state index is 9.87. The van der Waals surface area contributed by atoms with Crippen LogP contribution in [0.2, 0.25) is 10.0 Å². The molecule has 0 saturated carbocycles. The largest absolute Gasteiger partial charge is 0.489 e. The maximum Gasteiger partial charge on any atom is 0.188 e. The zero-order chi connectivity index (χ0) is 17.1. The van der Waals surface area contributed by atoms with E-state index >= 15 is 0 Å². The first-order valence-electron chi connectivity index (χ1n) is 7.83. The molecule has 0 heterocycles. The van der Waals surface area contributed by atoms with Crippen LogP contribution in [-0.4, -0.2) is 36.9 Å². The summed E-state index contributed by atoms with van der Waals surface area (Å²) in [4.78, 5) is 4.09. The normalized spacial score (nSPS) is 13.0. The number of nitrogens with zero attached hydrogens (tertiary/aromatic N) is 1. The van der Waals surface area contributed by atoms with Crippen molar-refractivity contribution in [1.29, 1.82) is 0 Å². The second kappa shape index (κ2) is 11.4. The van der Waals surface area contributed by atoms with E-state index in [2.05, 4.69) is 17.2 Å². The van der Waals surface area contributed by atoms with Gasteiger partial charge in [0, 0.05) is 6.54 Å². The lowest BCUT2D eigenvalue weighted by Crippen LogP contribution is -2.34. The fourth-order valence-electron chi connectivity index (χ4n) is 1.86. The fraction of sp³-hybridized carbons (Fsp3) is 0.562. The van der Waals surface area contributed by atoms with Gasteiger partial charge in [-0.25, -0.2) is 0 Å². The van der Waals surface area contributed by atoms with Crippen LogP contribution in [0.3, 0.4) is 0 Å². The van der Waals surface area contributed by atoms with E-state index in [1.807, 2.05) is 0 Å². The molecule has 0 bridgehead atoms. The van der Waals surface area contributed by atoms with Crippen molar-refractivity contribution in [2.75, 3.05) is 19.7 Å². The Morgan fingerprint density at radius 1 is 1.35 bits per heavy atom. The number of hydrogen-bond acceptors (Lipinski definition) is 3. The molecule has 5 nitrogen and oxygen atoms in total. The summed E-state index contributed by atoms with van der Waals surface area (Å²) < 4.78 is 5.44. The Kier molecular flexibility index (Phi) is 9.83. The summed E-state index contributed by atoms with van der Waals surface area (Å²) in [5.74, 6) is 0.769. The van der Waals surface area contributed by atoms with Crippen molar-refractivity contribution in [2.45, 2.75) is 38.7 Å². The van der Waals surface area contributed by atoms with Crippen LogP contribution in [0.15, 0.2) is 23.2 Å². The average molecular weight is 362 g/mol. The number of nitrogens with one attached hydrogen (secondary N) is 1. The minimum Gasteiger partial charge on any atom is -0.489 e. The monoisotopic (exact) mass is 361 g/mol. The van der Waals surface area contributed by atoms with Gasteiger partial charge in [-0.1, -0.05) is 55.5 Å². The molecule has 0 saturated heterocycles. The van der Waals surface area contributed by atoms with Crippen LogP contribution >= 0.6 is 23.2 Å². The molecule has 0 amide bonds. The Morgan fingerprint density at radius 2 is 2.13 bits per heavy atom. The van der Waals surface area contributed by atoms with Gasteiger partial charge in [0.1, 0.15) is 23.5 Å². The summed E-state index contributed by atoms with van der Waals surface area (Å²) in [7, 11) is 0. The molecule has 7 heteroatoms. The third-order valence-corrected chi connectivity index (χ3v) is 3.96. The Morgan fingerprint density at radius 3 is 2.87 bits per heavy atom. The van der Waals surface area contributed by atoms with E-state index in [4.69, 9.17) is 33.7 Å². The van der Waals surface area contributed by atoms with Crippen LogP contribution in [-0.2, 0) is 0 Å². The van der Waals surface area contributed by atoms with Crippen LogP contribution < -0.4 is 15.8 Å². The minimum absolute atomic E-state index is 0.0628. The topological polar surface area (TPSA) is 79.9 Å². The molecular weight excluding hydrogens is 337 g/mol. The van der Waals surface area contributed by atoms with Gasteiger partial charge in [-0.3, -0.25) is 4.99 Å². The smallest absolute Gasteiger partial charge is 0.188 e. The summed E-state index contributed by atoms with van der Waals surface area (Å²) in [6, 6.07) is 5.09. The van der Waals surface area contributed by atoms with Crippen molar-refractivity contribution in [3.8, 4) is 5.75 Å². The molecule has 4 N–H and O–H groups in total. The lowest BCUT2D eigenvalue weighted by atomic mass is 10.2. The van der Waals surface area contributed by atoms with E-state index in [0.29, 0.717) is 21.8 Å². The van der Waals surface area contributed by atoms with Crippen LogP contribution in [0, 0.1) is 0 Å². The number of hydrogen-bond donors (Lipinski definition) is 3. The van der Waals surface area contributed by atoms with Gasteiger partial charge in [-0.05, 0) is 18.6 Å². The van der Waals surface area contributed by atoms with Crippen molar-refractivity contribution in [3.05, 3.63) is 28.2 Å². The molecule has 1 rings (SSSR count). The van der Waals surface area contributed by atoms with Gasteiger partial charge in [0.25, 0.3) is 0 Å². The fourth-order valence-corrected chi connectivity index (χ4v) is 2.21. The summed E-state index contributed by atoms with van der Waals surface area (Å²) in [6.07, 6.45) is 3.88. The number of guanidine groups is 1. The van der Waals surface area contributed by atoms with Crippen molar-refractivity contribution in [3.63, 3.8) is 0 Å². The van der Waals surface area contributed by atoms with Gasteiger partial charge in [-0.15, -0.1) is 0 Å². The van der Waals surface area contributed by atoms with Crippen molar-refractivity contribution >= 4 is 29.2 Å². The molecule has 0 radical (unpaired) electrons. The minimum atomic E-state index is -0.773. The number of unbranched alkanes of at least 4 members (excludes halogenated alkanes) is 3. The first kappa shape index (κ1) is 19.9. The molecule has 1 aromatic rings. The van der Waals surface area contributed by atoms with Crippen LogP contribution in [0.4, 0.5) is 0 Å². The van der Waals surface area contributed by atoms with Crippen LogP contribution in [0.5, 0.6) is 5.75 Å². The second-order valence-corrected chi connectivity index (χ2v) is 6.02. The lowest BCUT2D eigenvalue weighted by molar-refractivity contribution is 0.114. The molecule has 0 fully saturated rings. The number of benzene rings is 1. The number of aliphatic hydroxyl groups is 1. The zero-order valence-corrected chi connectivity index (χ0v) is 14.9. The number of aliphatic hydroxyl groups excluding tert-OH is 1. The van der Waals surface area contributed by atoms with Crippen LogP contribution in [0.25, 0.3) is 0 Å². The first-order valence-corrected chi connectivity index (χ1v) is 8.58. The summed E-state index contributed by atoms with van der Waals surface area (Å²) in [6.45, 7) is 3.18. The number of ether oxygens (including phenoxy) is 1. The van der Waals surface area contributed by atoms with E-state index in [1.165, 1.54) is 19.3 Å². The Balaban J connectivity index is 2.26. The number of halogens is 2. The Labute approximate surface area is 147 Å².